The minimum atomic E-state index is -0.193. The fourth-order valence-electron chi connectivity index (χ4n) is 1.30. The van der Waals surface area contributed by atoms with Crippen molar-refractivity contribution in [2.45, 2.75) is 6.92 Å². The lowest BCUT2D eigenvalue weighted by Gasteiger charge is -1.99. The Hall–Kier alpha value is -2.04. The summed E-state index contributed by atoms with van der Waals surface area (Å²) >= 11 is 0. The number of aryl methyl sites for hydroxylation is 2. The van der Waals surface area contributed by atoms with Crippen LogP contribution in [0.5, 0.6) is 0 Å². The zero-order chi connectivity index (χ0) is 10.8. The van der Waals surface area contributed by atoms with Gasteiger partial charge in [0.1, 0.15) is 5.69 Å². The minimum absolute atomic E-state index is 0.193. The molecule has 0 fully saturated rings. The van der Waals surface area contributed by atoms with Crippen molar-refractivity contribution < 1.29 is 4.79 Å². The Balaban J connectivity index is 2.41. The van der Waals surface area contributed by atoms with E-state index in [-0.39, 0.29) is 5.78 Å². The van der Waals surface area contributed by atoms with Crippen molar-refractivity contribution in [2.75, 3.05) is 0 Å². The van der Waals surface area contributed by atoms with Gasteiger partial charge in [-0.3, -0.25) is 14.5 Å². The van der Waals surface area contributed by atoms with Crippen molar-refractivity contribution in [3.05, 3.63) is 41.5 Å². The van der Waals surface area contributed by atoms with E-state index in [1.807, 2.05) is 13.0 Å². The first kappa shape index (κ1) is 9.51. The second-order valence-corrected chi connectivity index (χ2v) is 3.28. The Morgan fingerprint density at radius 3 is 2.87 bits per heavy atom. The number of pyridine rings is 1. The smallest absolute Gasteiger partial charge is 0.233 e. The quantitative estimate of drug-likeness (QED) is 0.674. The molecule has 0 radical (unpaired) electrons. The fraction of sp³-hybridized carbons (Fsp3) is 0.200. The molecular formula is C10H10N4O. The van der Waals surface area contributed by atoms with Crippen molar-refractivity contribution in [1.29, 1.82) is 0 Å². The van der Waals surface area contributed by atoms with E-state index in [1.165, 1.54) is 4.68 Å². The Morgan fingerprint density at radius 1 is 1.47 bits per heavy atom. The predicted octanol–water partition coefficient (Wildman–Crippen LogP) is 0.750. The Morgan fingerprint density at radius 2 is 2.27 bits per heavy atom. The van der Waals surface area contributed by atoms with Gasteiger partial charge in [-0.15, -0.1) is 5.10 Å². The van der Waals surface area contributed by atoms with E-state index in [0.29, 0.717) is 11.4 Å². The van der Waals surface area contributed by atoms with Gasteiger partial charge in [0.05, 0.1) is 6.20 Å². The van der Waals surface area contributed by atoms with Crippen LogP contribution in [0.4, 0.5) is 0 Å². The van der Waals surface area contributed by atoms with Crippen molar-refractivity contribution in [3.8, 4) is 0 Å². The van der Waals surface area contributed by atoms with E-state index in [2.05, 4.69) is 15.3 Å². The van der Waals surface area contributed by atoms with Crippen LogP contribution in [-0.2, 0) is 7.05 Å². The Kier molecular flexibility index (Phi) is 2.29. The molecule has 0 aromatic carbocycles. The van der Waals surface area contributed by atoms with Gasteiger partial charge in [0.15, 0.2) is 5.69 Å². The van der Waals surface area contributed by atoms with E-state index in [4.69, 9.17) is 0 Å². The fourth-order valence-corrected chi connectivity index (χ4v) is 1.30. The third-order valence-electron chi connectivity index (χ3n) is 2.06. The standard InChI is InChI=1S/C10H10N4O/c1-7-4-3-5-11-9(7)10(15)8-6-14(2)13-12-8/h3-6H,1-2H3. The number of hydrogen-bond donors (Lipinski definition) is 0. The maximum atomic E-state index is 11.9. The van der Waals surface area contributed by atoms with Gasteiger partial charge in [0.25, 0.3) is 0 Å². The van der Waals surface area contributed by atoms with Crippen molar-refractivity contribution in [3.63, 3.8) is 0 Å². The number of aromatic nitrogens is 4. The lowest BCUT2D eigenvalue weighted by atomic mass is 10.1. The molecule has 76 valence electrons. The number of nitrogens with zero attached hydrogens (tertiary/aromatic N) is 4. The van der Waals surface area contributed by atoms with Crippen LogP contribution >= 0.6 is 0 Å². The van der Waals surface area contributed by atoms with Crippen LogP contribution in [0.15, 0.2) is 24.5 Å². The maximum Gasteiger partial charge on any atom is 0.233 e. The predicted molar refractivity (Wildman–Crippen MR) is 53.4 cm³/mol. The summed E-state index contributed by atoms with van der Waals surface area (Å²) in [6.45, 7) is 1.84. The van der Waals surface area contributed by atoms with Gasteiger partial charge in [0, 0.05) is 13.2 Å². The van der Waals surface area contributed by atoms with Crippen LogP contribution < -0.4 is 0 Å². The summed E-state index contributed by atoms with van der Waals surface area (Å²) in [5.74, 6) is -0.193. The highest BCUT2D eigenvalue weighted by Crippen LogP contribution is 2.08. The first-order valence-corrected chi connectivity index (χ1v) is 4.51. The molecular weight excluding hydrogens is 192 g/mol. The van der Waals surface area contributed by atoms with E-state index in [1.54, 1.807) is 25.5 Å². The summed E-state index contributed by atoms with van der Waals surface area (Å²) in [6.07, 6.45) is 3.17. The molecule has 0 saturated heterocycles. The monoisotopic (exact) mass is 202 g/mol. The lowest BCUT2D eigenvalue weighted by Crippen LogP contribution is -2.06. The SMILES string of the molecule is Cc1cccnc1C(=O)c1cn(C)nn1. The van der Waals surface area contributed by atoms with Crippen molar-refractivity contribution >= 4 is 5.78 Å². The molecule has 0 aliphatic rings. The zero-order valence-corrected chi connectivity index (χ0v) is 8.51. The molecule has 0 N–H and O–H groups in total. The minimum Gasteiger partial charge on any atom is -0.285 e. The second-order valence-electron chi connectivity index (χ2n) is 3.28. The molecule has 0 unspecified atom stereocenters. The molecule has 0 amide bonds. The molecule has 5 heteroatoms. The zero-order valence-electron chi connectivity index (χ0n) is 8.51. The molecule has 0 aliphatic heterocycles. The van der Waals surface area contributed by atoms with Crippen LogP contribution in [0.2, 0.25) is 0 Å². The highest BCUT2D eigenvalue weighted by molar-refractivity contribution is 6.06. The van der Waals surface area contributed by atoms with Gasteiger partial charge in [-0.1, -0.05) is 11.3 Å². The molecule has 0 saturated carbocycles. The van der Waals surface area contributed by atoms with Crippen LogP contribution in [0.3, 0.4) is 0 Å². The van der Waals surface area contributed by atoms with Crippen molar-refractivity contribution in [1.82, 2.24) is 20.0 Å². The molecule has 5 nitrogen and oxygen atoms in total. The van der Waals surface area contributed by atoms with Gasteiger partial charge in [-0.25, -0.2) is 0 Å². The topological polar surface area (TPSA) is 60.7 Å². The van der Waals surface area contributed by atoms with E-state index in [9.17, 15) is 4.79 Å². The van der Waals surface area contributed by atoms with Gasteiger partial charge in [0.2, 0.25) is 5.78 Å². The van der Waals surface area contributed by atoms with E-state index < -0.39 is 0 Å². The summed E-state index contributed by atoms with van der Waals surface area (Å²) in [6, 6.07) is 3.64. The van der Waals surface area contributed by atoms with E-state index >= 15 is 0 Å². The van der Waals surface area contributed by atoms with Crippen LogP contribution in [0, 0.1) is 6.92 Å². The van der Waals surface area contributed by atoms with Gasteiger partial charge in [-0.2, -0.15) is 0 Å². The number of ketones is 1. The van der Waals surface area contributed by atoms with Crippen LogP contribution in [0.25, 0.3) is 0 Å². The van der Waals surface area contributed by atoms with Gasteiger partial charge < -0.3 is 0 Å². The van der Waals surface area contributed by atoms with E-state index in [0.717, 1.165) is 5.56 Å². The van der Waals surface area contributed by atoms with Crippen molar-refractivity contribution in [2.24, 2.45) is 7.05 Å². The molecule has 2 aromatic rings. The number of carbonyl (C=O) groups excluding carboxylic acids is 1. The summed E-state index contributed by atoms with van der Waals surface area (Å²) in [4.78, 5) is 15.9. The Labute approximate surface area is 86.8 Å². The average molecular weight is 202 g/mol. The van der Waals surface area contributed by atoms with Gasteiger partial charge >= 0.3 is 0 Å². The number of carbonyl (C=O) groups is 1. The Bertz CT molecular complexity index is 504. The number of hydrogen-bond acceptors (Lipinski definition) is 4. The molecule has 0 aliphatic carbocycles. The largest absolute Gasteiger partial charge is 0.285 e. The first-order valence-electron chi connectivity index (χ1n) is 4.51. The third-order valence-corrected chi connectivity index (χ3v) is 2.06. The highest BCUT2D eigenvalue weighted by Gasteiger charge is 2.15. The van der Waals surface area contributed by atoms with Gasteiger partial charge in [-0.05, 0) is 18.6 Å². The summed E-state index contributed by atoms with van der Waals surface area (Å²) in [5.41, 5.74) is 1.59. The number of rotatable bonds is 2. The normalized spacial score (nSPS) is 10.3. The summed E-state index contributed by atoms with van der Waals surface area (Å²) in [5, 5.41) is 7.47. The molecule has 15 heavy (non-hydrogen) atoms. The molecule has 0 bridgehead atoms. The highest BCUT2D eigenvalue weighted by atomic mass is 16.1. The maximum absolute atomic E-state index is 11.9. The molecule has 0 spiro atoms. The van der Waals surface area contributed by atoms with Crippen LogP contribution in [-0.4, -0.2) is 25.8 Å². The summed E-state index contributed by atoms with van der Waals surface area (Å²) in [7, 11) is 1.72. The molecule has 2 rings (SSSR count). The average Bonchev–Trinajstić information content (AvgIpc) is 2.65. The second kappa shape index (κ2) is 3.61. The third kappa shape index (κ3) is 1.76. The molecule has 2 heterocycles. The first-order chi connectivity index (χ1) is 7.18. The lowest BCUT2D eigenvalue weighted by molar-refractivity contribution is 0.102. The summed E-state index contributed by atoms with van der Waals surface area (Å²) < 4.78 is 1.49. The van der Waals surface area contributed by atoms with Crippen LogP contribution in [0.1, 0.15) is 21.7 Å². The molecule has 2 aromatic heterocycles. The molecule has 0 atom stereocenters.